The van der Waals surface area contributed by atoms with Crippen LogP contribution in [0.2, 0.25) is 0 Å². The number of carbonyl (C=O) groups is 1. The zero-order valence-corrected chi connectivity index (χ0v) is 9.24. The van der Waals surface area contributed by atoms with Gasteiger partial charge in [0.2, 0.25) is 0 Å². The van der Waals surface area contributed by atoms with Gasteiger partial charge in [-0.25, -0.2) is 4.39 Å². The van der Waals surface area contributed by atoms with E-state index in [9.17, 15) is 9.18 Å². The van der Waals surface area contributed by atoms with Crippen molar-refractivity contribution in [1.82, 2.24) is 0 Å². The summed E-state index contributed by atoms with van der Waals surface area (Å²) in [6.45, 7) is 1.98. The van der Waals surface area contributed by atoms with Crippen molar-refractivity contribution in [3.63, 3.8) is 0 Å². The zero-order chi connectivity index (χ0) is 12.1. The first-order valence-electron chi connectivity index (χ1n) is 5.34. The number of nitrogen functional groups attached to an aromatic ring is 1. The second kappa shape index (κ2) is 5.49. The van der Waals surface area contributed by atoms with Crippen LogP contribution in [0.4, 0.5) is 10.1 Å². The van der Waals surface area contributed by atoms with Gasteiger partial charge in [-0.3, -0.25) is 4.79 Å². The van der Waals surface area contributed by atoms with Crippen molar-refractivity contribution in [3.05, 3.63) is 29.6 Å². The number of para-hydroxylation sites is 1. The molecule has 1 aromatic rings. The standard InChI is InChI=1S/C12H16FNO2/c1-2-3-5-9(12(15)16)8-6-4-7-10(13)11(8)14/h4,6-7,9H,2-3,5,14H2,1H3,(H,15,16). The summed E-state index contributed by atoms with van der Waals surface area (Å²) in [5.74, 6) is -2.22. The first-order valence-corrected chi connectivity index (χ1v) is 5.34. The predicted molar refractivity (Wildman–Crippen MR) is 60.7 cm³/mol. The van der Waals surface area contributed by atoms with E-state index in [2.05, 4.69) is 0 Å². The van der Waals surface area contributed by atoms with Crippen LogP contribution in [-0.2, 0) is 4.79 Å². The van der Waals surface area contributed by atoms with Crippen LogP contribution in [-0.4, -0.2) is 11.1 Å². The van der Waals surface area contributed by atoms with Crippen molar-refractivity contribution in [2.75, 3.05) is 5.73 Å². The van der Waals surface area contributed by atoms with E-state index >= 15 is 0 Å². The maximum Gasteiger partial charge on any atom is 0.311 e. The number of carboxylic acids is 1. The van der Waals surface area contributed by atoms with Crippen LogP contribution in [0.25, 0.3) is 0 Å². The summed E-state index contributed by atoms with van der Waals surface area (Å²) >= 11 is 0. The summed E-state index contributed by atoms with van der Waals surface area (Å²) in [4.78, 5) is 11.1. The number of halogens is 1. The Morgan fingerprint density at radius 3 is 2.81 bits per heavy atom. The third-order valence-corrected chi connectivity index (χ3v) is 2.61. The Kier molecular flexibility index (Phi) is 4.28. The summed E-state index contributed by atoms with van der Waals surface area (Å²) in [6.07, 6.45) is 2.17. The molecule has 88 valence electrons. The van der Waals surface area contributed by atoms with E-state index in [0.29, 0.717) is 12.0 Å². The Balaban J connectivity index is 3.01. The van der Waals surface area contributed by atoms with E-state index in [1.54, 1.807) is 6.07 Å². The van der Waals surface area contributed by atoms with Gasteiger partial charge in [0.15, 0.2) is 0 Å². The number of unbranched alkanes of at least 4 members (excludes halogenated alkanes) is 1. The van der Waals surface area contributed by atoms with Gasteiger partial charge in [0.1, 0.15) is 5.82 Å². The lowest BCUT2D eigenvalue weighted by Crippen LogP contribution is -2.14. The van der Waals surface area contributed by atoms with Crippen LogP contribution >= 0.6 is 0 Å². The number of hydrogen-bond donors (Lipinski definition) is 2. The molecule has 0 fully saturated rings. The average Bonchev–Trinajstić information content (AvgIpc) is 2.24. The molecule has 4 heteroatoms. The minimum Gasteiger partial charge on any atom is -0.481 e. The molecule has 0 saturated heterocycles. The Morgan fingerprint density at radius 1 is 1.56 bits per heavy atom. The van der Waals surface area contributed by atoms with Gasteiger partial charge in [-0.2, -0.15) is 0 Å². The fraction of sp³-hybridized carbons (Fsp3) is 0.417. The van der Waals surface area contributed by atoms with Crippen molar-refractivity contribution in [2.45, 2.75) is 32.1 Å². The molecule has 0 amide bonds. The number of aliphatic carboxylic acids is 1. The quantitative estimate of drug-likeness (QED) is 0.757. The van der Waals surface area contributed by atoms with Crippen LogP contribution < -0.4 is 5.73 Å². The molecule has 0 spiro atoms. The smallest absolute Gasteiger partial charge is 0.311 e. The molecule has 0 heterocycles. The number of rotatable bonds is 5. The number of nitrogens with two attached hydrogens (primary N) is 1. The van der Waals surface area contributed by atoms with E-state index in [0.717, 1.165) is 12.8 Å². The Hall–Kier alpha value is -1.58. The molecule has 0 radical (unpaired) electrons. The van der Waals surface area contributed by atoms with Crippen LogP contribution in [0.3, 0.4) is 0 Å². The van der Waals surface area contributed by atoms with E-state index in [-0.39, 0.29) is 5.69 Å². The lowest BCUT2D eigenvalue weighted by atomic mass is 9.92. The topological polar surface area (TPSA) is 63.3 Å². The van der Waals surface area contributed by atoms with Gasteiger partial charge in [0.05, 0.1) is 11.6 Å². The third-order valence-electron chi connectivity index (χ3n) is 2.61. The van der Waals surface area contributed by atoms with Gasteiger partial charge in [-0.1, -0.05) is 31.9 Å². The summed E-state index contributed by atoms with van der Waals surface area (Å²) in [5.41, 5.74) is 5.88. The largest absolute Gasteiger partial charge is 0.481 e. The highest BCUT2D eigenvalue weighted by Gasteiger charge is 2.22. The van der Waals surface area contributed by atoms with Crippen molar-refractivity contribution < 1.29 is 14.3 Å². The van der Waals surface area contributed by atoms with Crippen molar-refractivity contribution in [1.29, 1.82) is 0 Å². The van der Waals surface area contributed by atoms with Crippen molar-refractivity contribution in [2.24, 2.45) is 0 Å². The summed E-state index contributed by atoms with van der Waals surface area (Å²) in [6, 6.07) is 4.30. The highest BCUT2D eigenvalue weighted by atomic mass is 19.1. The second-order valence-electron chi connectivity index (χ2n) is 3.78. The number of carboxylic acid groups (broad SMARTS) is 1. The van der Waals surface area contributed by atoms with E-state index in [1.807, 2.05) is 6.92 Å². The van der Waals surface area contributed by atoms with Crippen LogP contribution in [0.5, 0.6) is 0 Å². The molecule has 1 aromatic carbocycles. The van der Waals surface area contributed by atoms with Crippen molar-refractivity contribution >= 4 is 11.7 Å². The van der Waals surface area contributed by atoms with Gasteiger partial charge in [0, 0.05) is 0 Å². The lowest BCUT2D eigenvalue weighted by molar-refractivity contribution is -0.139. The lowest BCUT2D eigenvalue weighted by Gasteiger charge is -2.14. The maximum absolute atomic E-state index is 13.2. The molecule has 16 heavy (non-hydrogen) atoms. The number of benzene rings is 1. The molecular weight excluding hydrogens is 209 g/mol. The Morgan fingerprint density at radius 2 is 2.25 bits per heavy atom. The first-order chi connectivity index (χ1) is 7.57. The molecule has 0 bridgehead atoms. The minimum absolute atomic E-state index is 0.0500. The SMILES string of the molecule is CCCCC(C(=O)O)c1cccc(F)c1N. The first kappa shape index (κ1) is 12.5. The highest BCUT2D eigenvalue weighted by molar-refractivity contribution is 5.78. The highest BCUT2D eigenvalue weighted by Crippen LogP contribution is 2.28. The Labute approximate surface area is 94.1 Å². The molecule has 0 aliphatic rings. The third kappa shape index (κ3) is 2.72. The number of hydrogen-bond acceptors (Lipinski definition) is 2. The fourth-order valence-corrected chi connectivity index (χ4v) is 1.68. The van der Waals surface area contributed by atoms with Crippen LogP contribution in [0.1, 0.15) is 37.7 Å². The van der Waals surface area contributed by atoms with E-state index in [4.69, 9.17) is 10.8 Å². The van der Waals surface area contributed by atoms with Gasteiger partial charge in [-0.05, 0) is 18.1 Å². The van der Waals surface area contributed by atoms with Gasteiger partial charge in [0.25, 0.3) is 0 Å². The fourth-order valence-electron chi connectivity index (χ4n) is 1.68. The van der Waals surface area contributed by atoms with Gasteiger partial charge >= 0.3 is 5.97 Å². The summed E-state index contributed by atoms with van der Waals surface area (Å²) in [7, 11) is 0. The summed E-state index contributed by atoms with van der Waals surface area (Å²) in [5, 5.41) is 9.09. The molecule has 0 aliphatic carbocycles. The summed E-state index contributed by atoms with van der Waals surface area (Å²) < 4.78 is 13.2. The van der Waals surface area contributed by atoms with Crippen molar-refractivity contribution in [3.8, 4) is 0 Å². The molecule has 1 rings (SSSR count). The Bertz CT molecular complexity index is 379. The number of anilines is 1. The molecule has 0 aliphatic heterocycles. The molecule has 3 N–H and O–H groups in total. The predicted octanol–water partition coefficient (Wildman–Crippen LogP) is 2.77. The average molecular weight is 225 g/mol. The zero-order valence-electron chi connectivity index (χ0n) is 9.24. The monoisotopic (exact) mass is 225 g/mol. The van der Waals surface area contributed by atoms with Crippen LogP contribution in [0.15, 0.2) is 18.2 Å². The van der Waals surface area contributed by atoms with Crippen LogP contribution in [0, 0.1) is 5.82 Å². The molecule has 1 atom stereocenters. The van der Waals surface area contributed by atoms with E-state index < -0.39 is 17.7 Å². The second-order valence-corrected chi connectivity index (χ2v) is 3.78. The normalized spacial score (nSPS) is 12.4. The molecule has 0 saturated carbocycles. The molecule has 0 aromatic heterocycles. The molecule has 1 unspecified atom stereocenters. The minimum atomic E-state index is -0.953. The molecular formula is C12H16FNO2. The van der Waals surface area contributed by atoms with Gasteiger partial charge in [-0.15, -0.1) is 0 Å². The molecule has 3 nitrogen and oxygen atoms in total. The van der Waals surface area contributed by atoms with E-state index in [1.165, 1.54) is 12.1 Å². The van der Waals surface area contributed by atoms with Gasteiger partial charge < -0.3 is 10.8 Å². The maximum atomic E-state index is 13.2.